The quantitative estimate of drug-likeness (QED) is 0.678. The minimum atomic E-state index is -0.668. The Hall–Kier alpha value is -2.04. The number of amides is 1. The molecule has 20 heavy (non-hydrogen) atoms. The fourth-order valence-corrected chi connectivity index (χ4v) is 1.77. The molecule has 1 aromatic carbocycles. The highest BCUT2D eigenvalue weighted by molar-refractivity contribution is 5.87. The van der Waals surface area contributed by atoms with Crippen LogP contribution in [0.2, 0.25) is 0 Å². The summed E-state index contributed by atoms with van der Waals surface area (Å²) in [4.78, 5) is 12.0. The Bertz CT molecular complexity index is 514. The van der Waals surface area contributed by atoms with Gasteiger partial charge in [-0.15, -0.1) is 0 Å². The van der Waals surface area contributed by atoms with Crippen LogP contribution in [0.3, 0.4) is 0 Å². The van der Waals surface area contributed by atoms with Gasteiger partial charge in [-0.1, -0.05) is 26.0 Å². The maximum Gasteiger partial charge on any atom is 0.284 e. The Balaban J connectivity index is 1.95. The highest BCUT2D eigenvalue weighted by atomic mass is 16.6. The molecule has 0 saturated heterocycles. The molecule has 108 valence electrons. The third-order valence-electron chi connectivity index (χ3n) is 3.47. The third-order valence-corrected chi connectivity index (χ3v) is 3.47. The number of hydrogen-bond acceptors (Lipinski definition) is 4. The summed E-state index contributed by atoms with van der Waals surface area (Å²) in [6.45, 7) is 6.25. The van der Waals surface area contributed by atoms with Crippen LogP contribution in [0.5, 0.6) is 11.5 Å². The molecule has 1 aliphatic rings. The fraction of sp³-hybridized carbons (Fsp3) is 0.467. The van der Waals surface area contributed by atoms with E-state index in [1.807, 2.05) is 25.1 Å². The zero-order chi connectivity index (χ0) is 14.5. The summed E-state index contributed by atoms with van der Waals surface area (Å²) in [5.74, 6) is 1.30. The van der Waals surface area contributed by atoms with Crippen molar-refractivity contribution in [2.75, 3.05) is 6.61 Å². The molecular weight excluding hydrogens is 256 g/mol. The maximum absolute atomic E-state index is 12.0. The Morgan fingerprint density at radius 3 is 2.85 bits per heavy atom. The smallest absolute Gasteiger partial charge is 0.284 e. The normalized spacial score (nSPS) is 19.4. The fourth-order valence-electron chi connectivity index (χ4n) is 1.77. The van der Waals surface area contributed by atoms with Crippen LogP contribution in [0.25, 0.3) is 0 Å². The number of nitrogens with one attached hydrogen (secondary N) is 1. The predicted octanol–water partition coefficient (Wildman–Crippen LogP) is 2.36. The number of carbonyl (C=O) groups excluding carboxylic acids is 1. The highest BCUT2D eigenvalue weighted by Gasteiger charge is 2.27. The van der Waals surface area contributed by atoms with Crippen LogP contribution >= 0.6 is 0 Å². The Morgan fingerprint density at radius 1 is 1.45 bits per heavy atom. The molecule has 0 bridgehead atoms. The lowest BCUT2D eigenvalue weighted by Crippen LogP contribution is -2.42. The van der Waals surface area contributed by atoms with E-state index in [1.54, 1.807) is 6.07 Å². The first kappa shape index (κ1) is 14.4. The number of hydrogen-bond donors (Lipinski definition) is 1. The average Bonchev–Trinajstić information content (AvgIpc) is 2.50. The minimum absolute atomic E-state index is 0.195. The average molecular weight is 276 g/mol. The first-order valence-electron chi connectivity index (χ1n) is 6.84. The van der Waals surface area contributed by atoms with Crippen molar-refractivity contribution in [1.82, 2.24) is 5.43 Å². The predicted molar refractivity (Wildman–Crippen MR) is 77.1 cm³/mol. The van der Waals surface area contributed by atoms with Gasteiger partial charge in [0.15, 0.2) is 11.5 Å². The van der Waals surface area contributed by atoms with Crippen molar-refractivity contribution in [2.24, 2.45) is 11.0 Å². The van der Waals surface area contributed by atoms with Crippen molar-refractivity contribution in [3.05, 3.63) is 24.3 Å². The number of rotatable bonds is 4. The SMILES string of the molecule is CC[C@H](C)/C(C)=N\NC(=O)[C@H]1COc2ccccc2O1. The maximum atomic E-state index is 12.0. The molecule has 1 amide bonds. The molecule has 5 heteroatoms. The van der Waals surface area contributed by atoms with E-state index in [2.05, 4.69) is 24.4 Å². The van der Waals surface area contributed by atoms with Gasteiger partial charge >= 0.3 is 0 Å². The van der Waals surface area contributed by atoms with E-state index in [9.17, 15) is 4.79 Å². The van der Waals surface area contributed by atoms with Crippen LogP contribution in [-0.2, 0) is 4.79 Å². The number of fused-ring (bicyclic) bond motifs is 1. The molecule has 1 aliphatic heterocycles. The topological polar surface area (TPSA) is 59.9 Å². The highest BCUT2D eigenvalue weighted by Crippen LogP contribution is 2.30. The molecule has 0 aliphatic carbocycles. The third kappa shape index (κ3) is 3.29. The molecule has 0 fully saturated rings. The van der Waals surface area contributed by atoms with Gasteiger partial charge in [0, 0.05) is 5.71 Å². The number of nitrogens with zero attached hydrogens (tertiary/aromatic N) is 1. The second kappa shape index (κ2) is 6.41. The molecule has 0 spiro atoms. The minimum Gasteiger partial charge on any atom is -0.485 e. The van der Waals surface area contributed by atoms with Gasteiger partial charge in [0.05, 0.1) is 0 Å². The number of hydrazone groups is 1. The Morgan fingerprint density at radius 2 is 2.15 bits per heavy atom. The van der Waals surface area contributed by atoms with E-state index in [0.717, 1.165) is 12.1 Å². The molecule has 5 nitrogen and oxygen atoms in total. The second-order valence-electron chi connectivity index (χ2n) is 4.90. The van der Waals surface area contributed by atoms with E-state index < -0.39 is 6.10 Å². The number of carbonyl (C=O) groups is 1. The summed E-state index contributed by atoms with van der Waals surface area (Å²) in [6, 6.07) is 7.30. The van der Waals surface area contributed by atoms with Gasteiger partial charge in [0.25, 0.3) is 5.91 Å². The molecule has 0 saturated carbocycles. The second-order valence-corrected chi connectivity index (χ2v) is 4.90. The largest absolute Gasteiger partial charge is 0.485 e. The Kier molecular flexibility index (Phi) is 4.61. The van der Waals surface area contributed by atoms with E-state index in [4.69, 9.17) is 9.47 Å². The molecule has 2 rings (SSSR count). The van der Waals surface area contributed by atoms with E-state index in [1.165, 1.54) is 0 Å². The molecule has 0 unspecified atom stereocenters. The lowest BCUT2D eigenvalue weighted by atomic mass is 10.1. The van der Waals surface area contributed by atoms with Gasteiger partial charge in [-0.2, -0.15) is 5.10 Å². The van der Waals surface area contributed by atoms with Gasteiger partial charge in [-0.25, -0.2) is 5.43 Å². The van der Waals surface area contributed by atoms with Crippen molar-refractivity contribution >= 4 is 11.6 Å². The zero-order valence-electron chi connectivity index (χ0n) is 12.1. The van der Waals surface area contributed by atoms with Crippen LogP contribution in [0.1, 0.15) is 27.2 Å². The van der Waals surface area contributed by atoms with Crippen molar-refractivity contribution < 1.29 is 14.3 Å². The Labute approximate surface area is 119 Å². The lowest BCUT2D eigenvalue weighted by Gasteiger charge is -2.25. The molecule has 0 radical (unpaired) electrons. The summed E-state index contributed by atoms with van der Waals surface area (Å²) < 4.78 is 11.1. The summed E-state index contributed by atoms with van der Waals surface area (Å²) in [5.41, 5.74) is 3.44. The molecule has 1 aromatic rings. The van der Waals surface area contributed by atoms with E-state index in [-0.39, 0.29) is 12.5 Å². The zero-order valence-corrected chi connectivity index (χ0v) is 12.1. The van der Waals surface area contributed by atoms with E-state index >= 15 is 0 Å². The summed E-state index contributed by atoms with van der Waals surface area (Å²) in [7, 11) is 0. The lowest BCUT2D eigenvalue weighted by molar-refractivity contribution is -0.130. The van der Waals surface area contributed by atoms with Crippen LogP contribution in [0, 0.1) is 5.92 Å². The summed E-state index contributed by atoms with van der Waals surface area (Å²) >= 11 is 0. The number of ether oxygens (including phenoxy) is 2. The van der Waals surface area contributed by atoms with Crippen LogP contribution in [0.15, 0.2) is 29.4 Å². The van der Waals surface area contributed by atoms with E-state index in [0.29, 0.717) is 17.4 Å². The molecule has 0 aromatic heterocycles. The van der Waals surface area contributed by atoms with Crippen molar-refractivity contribution in [1.29, 1.82) is 0 Å². The molecule has 2 atom stereocenters. The first-order chi connectivity index (χ1) is 9.61. The number of benzene rings is 1. The first-order valence-corrected chi connectivity index (χ1v) is 6.84. The molecule has 1 heterocycles. The van der Waals surface area contributed by atoms with Gasteiger partial charge < -0.3 is 9.47 Å². The number of para-hydroxylation sites is 2. The van der Waals surface area contributed by atoms with Crippen molar-refractivity contribution in [3.63, 3.8) is 0 Å². The molecular formula is C15H20N2O3. The van der Waals surface area contributed by atoms with Gasteiger partial charge in [0.1, 0.15) is 6.61 Å². The summed E-state index contributed by atoms with van der Waals surface area (Å²) in [5, 5.41) is 4.11. The summed E-state index contributed by atoms with van der Waals surface area (Å²) in [6.07, 6.45) is 0.320. The van der Waals surface area contributed by atoms with Crippen molar-refractivity contribution in [3.8, 4) is 11.5 Å². The van der Waals surface area contributed by atoms with Gasteiger partial charge in [0.2, 0.25) is 6.10 Å². The van der Waals surface area contributed by atoms with Gasteiger partial charge in [-0.3, -0.25) is 4.79 Å². The monoisotopic (exact) mass is 276 g/mol. The van der Waals surface area contributed by atoms with Gasteiger partial charge in [-0.05, 0) is 31.4 Å². The standard InChI is InChI=1S/C15H20N2O3/c1-4-10(2)11(3)16-17-15(18)14-9-19-12-7-5-6-8-13(12)20-14/h5-8,10,14H,4,9H2,1-3H3,(H,17,18)/b16-11-/t10-,14+/m0/s1. The van der Waals surface area contributed by atoms with Crippen molar-refractivity contribution in [2.45, 2.75) is 33.3 Å². The van der Waals surface area contributed by atoms with Crippen LogP contribution < -0.4 is 14.9 Å². The molecule has 1 N–H and O–H groups in total. The van der Waals surface area contributed by atoms with Crippen LogP contribution in [0.4, 0.5) is 0 Å². The van der Waals surface area contributed by atoms with Crippen LogP contribution in [-0.4, -0.2) is 24.3 Å².